The molecule has 1 N–H and O–H groups in total. The van der Waals surface area contributed by atoms with E-state index >= 15 is 0 Å². The molecule has 1 aromatic heterocycles. The van der Waals surface area contributed by atoms with Crippen molar-refractivity contribution in [2.45, 2.75) is 36.9 Å². The van der Waals surface area contributed by atoms with E-state index < -0.39 is 15.1 Å². The maximum absolute atomic E-state index is 11.7. The lowest BCUT2D eigenvalue weighted by atomic mass is 10.3. The van der Waals surface area contributed by atoms with Gasteiger partial charge in [0.2, 0.25) is 5.91 Å². The van der Waals surface area contributed by atoms with E-state index in [4.69, 9.17) is 10.7 Å². The van der Waals surface area contributed by atoms with Gasteiger partial charge in [0.25, 0.3) is 9.05 Å². The average Bonchev–Trinajstić information content (AvgIpc) is 2.89. The zero-order chi connectivity index (χ0) is 12.6. The van der Waals surface area contributed by atoms with E-state index in [0.717, 1.165) is 12.8 Å². The van der Waals surface area contributed by atoms with E-state index in [2.05, 4.69) is 10.3 Å². The highest BCUT2D eigenvalue weighted by molar-refractivity contribution is 8.13. The van der Waals surface area contributed by atoms with Crippen LogP contribution in [0.2, 0.25) is 0 Å². The molecule has 1 unspecified atom stereocenters. The fourth-order valence-corrected chi connectivity index (χ4v) is 2.00. The molecule has 6 nitrogen and oxygen atoms in total. The summed E-state index contributed by atoms with van der Waals surface area (Å²) in [5, 5.41) is 2.58. The third-order valence-electron chi connectivity index (χ3n) is 2.58. The number of hydrogen-bond acceptors (Lipinski definition) is 4. The number of imidazole rings is 1. The van der Waals surface area contributed by atoms with Crippen LogP contribution < -0.4 is 5.32 Å². The van der Waals surface area contributed by atoms with Crippen LogP contribution in [0.25, 0.3) is 0 Å². The van der Waals surface area contributed by atoms with Crippen molar-refractivity contribution in [3.63, 3.8) is 0 Å². The number of rotatable bonds is 4. The molecule has 0 aliphatic heterocycles. The average molecular weight is 278 g/mol. The van der Waals surface area contributed by atoms with Crippen LogP contribution in [0.3, 0.4) is 0 Å². The van der Waals surface area contributed by atoms with Crippen molar-refractivity contribution >= 4 is 25.6 Å². The Morgan fingerprint density at radius 2 is 2.29 bits per heavy atom. The van der Waals surface area contributed by atoms with Crippen molar-refractivity contribution in [1.29, 1.82) is 0 Å². The summed E-state index contributed by atoms with van der Waals surface area (Å²) in [7, 11) is 1.30. The Labute approximate surface area is 103 Å². The first-order valence-corrected chi connectivity index (χ1v) is 7.47. The Hall–Kier alpha value is -1.08. The van der Waals surface area contributed by atoms with Gasteiger partial charge in [-0.15, -0.1) is 0 Å². The Morgan fingerprint density at radius 3 is 2.76 bits per heavy atom. The maximum atomic E-state index is 11.7. The van der Waals surface area contributed by atoms with Gasteiger partial charge in [-0.05, 0) is 19.8 Å². The zero-order valence-electron chi connectivity index (χ0n) is 9.13. The van der Waals surface area contributed by atoms with Crippen molar-refractivity contribution in [3.05, 3.63) is 12.5 Å². The van der Waals surface area contributed by atoms with Gasteiger partial charge in [0, 0.05) is 22.9 Å². The quantitative estimate of drug-likeness (QED) is 0.820. The third kappa shape index (κ3) is 2.98. The molecule has 1 saturated carbocycles. The Bertz CT molecular complexity index is 535. The highest BCUT2D eigenvalue weighted by Crippen LogP contribution is 2.20. The molecule has 8 heteroatoms. The largest absolute Gasteiger partial charge is 0.352 e. The van der Waals surface area contributed by atoms with E-state index in [9.17, 15) is 13.2 Å². The first-order chi connectivity index (χ1) is 7.88. The van der Waals surface area contributed by atoms with Crippen molar-refractivity contribution in [2.24, 2.45) is 0 Å². The summed E-state index contributed by atoms with van der Waals surface area (Å²) < 4.78 is 23.5. The number of hydrogen-bond donors (Lipinski definition) is 1. The minimum Gasteiger partial charge on any atom is -0.352 e. The SMILES string of the molecule is CC(C(=O)NC1CC1)n1cnc(S(=O)(=O)Cl)c1. The molecule has 1 aromatic rings. The summed E-state index contributed by atoms with van der Waals surface area (Å²) in [6, 6.07) is -0.236. The number of halogens is 1. The topological polar surface area (TPSA) is 81.1 Å². The molecule has 2 rings (SSSR count). The third-order valence-corrected chi connectivity index (χ3v) is 3.76. The maximum Gasteiger partial charge on any atom is 0.280 e. The summed E-state index contributed by atoms with van der Waals surface area (Å²) >= 11 is 0. The summed E-state index contributed by atoms with van der Waals surface area (Å²) in [4.78, 5) is 15.4. The van der Waals surface area contributed by atoms with E-state index in [0.29, 0.717) is 0 Å². The second-order valence-corrected chi connectivity index (χ2v) is 6.57. The molecule has 1 amide bonds. The zero-order valence-corrected chi connectivity index (χ0v) is 10.7. The lowest BCUT2D eigenvalue weighted by Gasteiger charge is -2.12. The molecule has 1 aliphatic rings. The van der Waals surface area contributed by atoms with Crippen molar-refractivity contribution in [2.75, 3.05) is 0 Å². The predicted octanol–water partition coefficient (Wildman–Crippen LogP) is 0.650. The molecular weight excluding hydrogens is 266 g/mol. The number of carbonyl (C=O) groups is 1. The number of nitrogens with one attached hydrogen (secondary N) is 1. The molecule has 1 aliphatic carbocycles. The standard InChI is InChI=1S/C9H12ClN3O3S/c1-6(9(14)12-7-2-3-7)13-4-8(11-5-13)17(10,15)16/h4-7H,2-3H2,1H3,(H,12,14). The molecule has 0 saturated heterocycles. The molecule has 94 valence electrons. The minimum absolute atomic E-state index is 0.150. The summed E-state index contributed by atoms with van der Waals surface area (Å²) in [5.74, 6) is -0.150. The van der Waals surface area contributed by atoms with Gasteiger partial charge >= 0.3 is 0 Å². The summed E-state index contributed by atoms with van der Waals surface area (Å²) in [5.41, 5.74) is 0. The van der Waals surface area contributed by atoms with Crippen LogP contribution in [-0.4, -0.2) is 29.9 Å². The lowest BCUT2D eigenvalue weighted by molar-refractivity contribution is -0.124. The Balaban J connectivity index is 2.10. The monoisotopic (exact) mass is 277 g/mol. The fraction of sp³-hybridized carbons (Fsp3) is 0.556. The lowest BCUT2D eigenvalue weighted by Crippen LogP contribution is -2.32. The fourth-order valence-electron chi connectivity index (χ4n) is 1.34. The van der Waals surface area contributed by atoms with Gasteiger partial charge in [0.1, 0.15) is 6.04 Å². The molecule has 1 atom stereocenters. The molecule has 0 spiro atoms. The van der Waals surface area contributed by atoms with Gasteiger partial charge in [-0.3, -0.25) is 4.79 Å². The van der Waals surface area contributed by atoms with Gasteiger partial charge in [0.15, 0.2) is 5.03 Å². The van der Waals surface area contributed by atoms with Gasteiger partial charge in [-0.1, -0.05) is 0 Å². The van der Waals surface area contributed by atoms with Crippen LogP contribution in [-0.2, 0) is 13.8 Å². The molecule has 0 bridgehead atoms. The van der Waals surface area contributed by atoms with Gasteiger partial charge in [0.05, 0.1) is 6.33 Å². The smallest absolute Gasteiger partial charge is 0.280 e. The minimum atomic E-state index is -3.84. The normalized spacial score (nSPS) is 17.8. The molecule has 17 heavy (non-hydrogen) atoms. The van der Waals surface area contributed by atoms with E-state index in [1.54, 1.807) is 6.92 Å². The Kier molecular flexibility index (Phi) is 3.13. The van der Waals surface area contributed by atoms with Crippen molar-refractivity contribution < 1.29 is 13.2 Å². The number of amides is 1. The van der Waals surface area contributed by atoms with Gasteiger partial charge < -0.3 is 9.88 Å². The van der Waals surface area contributed by atoms with E-state index in [-0.39, 0.29) is 17.0 Å². The van der Waals surface area contributed by atoms with Crippen LogP contribution in [0.15, 0.2) is 17.6 Å². The van der Waals surface area contributed by atoms with Crippen LogP contribution in [0.1, 0.15) is 25.8 Å². The van der Waals surface area contributed by atoms with Crippen LogP contribution in [0, 0.1) is 0 Å². The van der Waals surface area contributed by atoms with Gasteiger partial charge in [-0.2, -0.15) is 0 Å². The number of carbonyl (C=O) groups excluding carboxylic acids is 1. The van der Waals surface area contributed by atoms with E-state index in [1.165, 1.54) is 17.1 Å². The first kappa shape index (κ1) is 12.4. The number of aromatic nitrogens is 2. The van der Waals surface area contributed by atoms with Gasteiger partial charge in [-0.25, -0.2) is 13.4 Å². The van der Waals surface area contributed by atoms with Crippen molar-refractivity contribution in [1.82, 2.24) is 14.9 Å². The van der Waals surface area contributed by atoms with Crippen LogP contribution in [0.5, 0.6) is 0 Å². The molecule has 0 radical (unpaired) electrons. The summed E-state index contributed by atoms with van der Waals surface area (Å²) in [6.07, 6.45) is 4.54. The molecular formula is C9H12ClN3O3S. The second kappa shape index (κ2) is 4.30. The molecule has 1 fully saturated rings. The van der Waals surface area contributed by atoms with Crippen LogP contribution >= 0.6 is 10.7 Å². The summed E-state index contributed by atoms with van der Waals surface area (Å²) in [6.45, 7) is 1.67. The predicted molar refractivity (Wildman–Crippen MR) is 61.1 cm³/mol. The molecule has 1 heterocycles. The van der Waals surface area contributed by atoms with Crippen molar-refractivity contribution in [3.8, 4) is 0 Å². The highest BCUT2D eigenvalue weighted by atomic mass is 35.7. The highest BCUT2D eigenvalue weighted by Gasteiger charge is 2.26. The van der Waals surface area contributed by atoms with Crippen LogP contribution in [0.4, 0.5) is 0 Å². The first-order valence-electron chi connectivity index (χ1n) is 5.16. The van der Waals surface area contributed by atoms with E-state index in [1.807, 2.05) is 0 Å². The number of nitrogens with zero attached hydrogens (tertiary/aromatic N) is 2. The Morgan fingerprint density at radius 1 is 1.65 bits per heavy atom. The second-order valence-electron chi connectivity index (χ2n) is 4.06. The molecule has 0 aromatic carbocycles.